The molecule has 20 heavy (non-hydrogen) atoms. The topological polar surface area (TPSA) is 58.2 Å². The van der Waals surface area contributed by atoms with Crippen LogP contribution >= 0.6 is 61.5 Å². The van der Waals surface area contributed by atoms with Gasteiger partial charge in [0, 0.05) is 8.59 Å². The van der Waals surface area contributed by atoms with Gasteiger partial charge in [0.2, 0.25) is 0 Å². The predicted molar refractivity (Wildman–Crippen MR) is 91.1 cm³/mol. The Labute approximate surface area is 146 Å². The fourth-order valence-electron chi connectivity index (χ4n) is 1.35. The van der Waals surface area contributed by atoms with E-state index in [1.807, 2.05) is 22.6 Å². The molecule has 0 aliphatic heterocycles. The van der Waals surface area contributed by atoms with Crippen LogP contribution in [0.5, 0.6) is 0 Å². The van der Waals surface area contributed by atoms with E-state index in [0.29, 0.717) is 19.0 Å². The first-order valence-corrected chi connectivity index (χ1v) is 8.35. The molecule has 4 nitrogen and oxygen atoms in total. The molecular weight excluding hydrogens is 478 g/mol. The minimum absolute atomic E-state index is 0.363. The molecule has 2 aromatic rings. The molecule has 8 heteroatoms. The van der Waals surface area contributed by atoms with Gasteiger partial charge >= 0.3 is 0 Å². The second-order valence-electron chi connectivity index (χ2n) is 3.64. The molecule has 1 aromatic carbocycles. The van der Waals surface area contributed by atoms with Gasteiger partial charge in [-0.25, -0.2) is 0 Å². The zero-order valence-electron chi connectivity index (χ0n) is 9.75. The van der Waals surface area contributed by atoms with Crippen molar-refractivity contribution in [3.63, 3.8) is 0 Å². The first kappa shape index (κ1) is 15.7. The number of thiophene rings is 1. The van der Waals surface area contributed by atoms with Crippen LogP contribution in [0.15, 0.2) is 34.1 Å². The predicted octanol–water partition coefficient (Wildman–Crippen LogP) is 3.84. The van der Waals surface area contributed by atoms with Crippen molar-refractivity contribution in [2.45, 2.75) is 0 Å². The van der Waals surface area contributed by atoms with E-state index in [1.165, 1.54) is 11.3 Å². The number of carbonyl (C=O) groups excluding carboxylic acids is 2. The van der Waals surface area contributed by atoms with E-state index < -0.39 is 5.91 Å². The van der Waals surface area contributed by atoms with E-state index in [2.05, 4.69) is 26.8 Å². The molecular formula is C12H7BrClIN2O2S. The maximum Gasteiger partial charge on any atom is 0.279 e. The summed E-state index contributed by atoms with van der Waals surface area (Å²) in [5.74, 6) is -0.756. The summed E-state index contributed by atoms with van der Waals surface area (Å²) >= 11 is 12.4. The van der Waals surface area contributed by atoms with Gasteiger partial charge in [-0.2, -0.15) is 0 Å². The molecule has 0 fully saturated rings. The highest BCUT2D eigenvalue weighted by Gasteiger charge is 2.13. The Morgan fingerprint density at radius 1 is 1.15 bits per heavy atom. The molecule has 2 rings (SSSR count). The quantitative estimate of drug-likeness (QED) is 0.502. The molecule has 104 valence electrons. The maximum atomic E-state index is 11.9. The van der Waals surface area contributed by atoms with Gasteiger partial charge in [0.05, 0.1) is 14.2 Å². The van der Waals surface area contributed by atoms with E-state index in [4.69, 9.17) is 11.6 Å². The van der Waals surface area contributed by atoms with Gasteiger partial charge in [-0.3, -0.25) is 20.4 Å². The minimum atomic E-state index is -0.393. The Hall–Kier alpha value is -0.640. The Balaban J connectivity index is 2.00. The van der Waals surface area contributed by atoms with E-state index >= 15 is 0 Å². The van der Waals surface area contributed by atoms with Crippen LogP contribution in [0.25, 0.3) is 0 Å². The zero-order valence-corrected chi connectivity index (χ0v) is 15.1. The molecule has 0 atom stereocenters. The van der Waals surface area contributed by atoms with Crippen molar-refractivity contribution in [1.29, 1.82) is 0 Å². The Kier molecular flexibility index (Phi) is 5.42. The summed E-state index contributed by atoms with van der Waals surface area (Å²) in [7, 11) is 0. The first-order chi connectivity index (χ1) is 9.47. The Bertz CT molecular complexity index is 677. The summed E-state index contributed by atoms with van der Waals surface area (Å²) in [5, 5.41) is 0.554. The number of hydrazine groups is 1. The normalized spacial score (nSPS) is 10.2. The van der Waals surface area contributed by atoms with Crippen LogP contribution in [-0.4, -0.2) is 11.8 Å². The van der Waals surface area contributed by atoms with Crippen LogP contribution in [0, 0.1) is 3.57 Å². The lowest BCUT2D eigenvalue weighted by molar-refractivity contribution is 0.0848. The monoisotopic (exact) mass is 484 g/mol. The third-order valence-corrected chi connectivity index (χ3v) is 5.01. The molecule has 0 bridgehead atoms. The summed E-state index contributed by atoms with van der Waals surface area (Å²) < 4.78 is 1.56. The average molecular weight is 486 g/mol. The van der Waals surface area contributed by atoms with E-state index in [0.717, 1.165) is 3.79 Å². The summed E-state index contributed by atoms with van der Waals surface area (Å²) in [6.07, 6.45) is 0. The van der Waals surface area contributed by atoms with Gasteiger partial charge in [-0.05, 0) is 68.9 Å². The van der Waals surface area contributed by atoms with Crippen LogP contribution < -0.4 is 10.9 Å². The molecule has 0 aliphatic carbocycles. The van der Waals surface area contributed by atoms with Crippen molar-refractivity contribution < 1.29 is 9.59 Å². The fourth-order valence-corrected chi connectivity index (χ4v) is 3.75. The number of carbonyl (C=O) groups is 2. The van der Waals surface area contributed by atoms with E-state index in [1.54, 1.807) is 30.3 Å². The Morgan fingerprint density at radius 3 is 2.45 bits per heavy atom. The molecule has 0 spiro atoms. The SMILES string of the molecule is O=C(NNC(=O)c1ccc(Cl)cc1I)c1ccc(Br)s1. The fraction of sp³-hybridized carbons (Fsp3) is 0. The van der Waals surface area contributed by atoms with Crippen LogP contribution in [-0.2, 0) is 0 Å². The summed E-state index contributed by atoms with van der Waals surface area (Å²) in [5.41, 5.74) is 5.19. The molecule has 0 saturated heterocycles. The van der Waals surface area contributed by atoms with E-state index in [-0.39, 0.29) is 5.91 Å². The first-order valence-electron chi connectivity index (χ1n) is 5.28. The van der Waals surface area contributed by atoms with E-state index in [9.17, 15) is 9.59 Å². The lowest BCUT2D eigenvalue weighted by Gasteiger charge is -2.07. The van der Waals surface area contributed by atoms with Crippen molar-refractivity contribution in [3.05, 3.63) is 53.2 Å². The average Bonchev–Trinajstić information content (AvgIpc) is 2.82. The van der Waals surface area contributed by atoms with Crippen molar-refractivity contribution in [2.75, 3.05) is 0 Å². The van der Waals surface area contributed by atoms with Crippen molar-refractivity contribution in [1.82, 2.24) is 10.9 Å². The van der Waals surface area contributed by atoms with Gasteiger partial charge in [0.25, 0.3) is 11.8 Å². The standard InChI is InChI=1S/C12H7BrClIN2O2S/c13-10-4-3-9(20-10)12(19)17-16-11(18)7-2-1-6(14)5-8(7)15/h1-5H,(H,16,18)(H,17,19). The number of halogens is 3. The zero-order chi connectivity index (χ0) is 14.7. The lowest BCUT2D eigenvalue weighted by Crippen LogP contribution is -2.41. The van der Waals surface area contributed by atoms with Crippen LogP contribution in [0.3, 0.4) is 0 Å². The van der Waals surface area contributed by atoms with Crippen LogP contribution in [0.4, 0.5) is 0 Å². The number of hydrogen-bond donors (Lipinski definition) is 2. The lowest BCUT2D eigenvalue weighted by atomic mass is 10.2. The number of hydrogen-bond acceptors (Lipinski definition) is 3. The van der Waals surface area contributed by atoms with Gasteiger partial charge in [-0.15, -0.1) is 11.3 Å². The highest BCUT2D eigenvalue weighted by atomic mass is 127. The van der Waals surface area contributed by atoms with Crippen LogP contribution in [0.2, 0.25) is 5.02 Å². The number of nitrogens with one attached hydrogen (secondary N) is 2. The van der Waals surface area contributed by atoms with Gasteiger partial charge in [0.1, 0.15) is 0 Å². The van der Waals surface area contributed by atoms with Gasteiger partial charge in [0.15, 0.2) is 0 Å². The highest BCUT2D eigenvalue weighted by molar-refractivity contribution is 14.1. The number of benzene rings is 1. The summed E-state index contributed by atoms with van der Waals surface area (Å²) in [6, 6.07) is 8.34. The van der Waals surface area contributed by atoms with Crippen LogP contribution in [0.1, 0.15) is 20.0 Å². The molecule has 0 radical (unpaired) electrons. The number of amides is 2. The molecule has 0 unspecified atom stereocenters. The van der Waals surface area contributed by atoms with Crippen molar-refractivity contribution in [2.24, 2.45) is 0 Å². The summed E-state index contributed by atoms with van der Waals surface area (Å²) in [6.45, 7) is 0. The van der Waals surface area contributed by atoms with Gasteiger partial charge in [-0.1, -0.05) is 11.6 Å². The van der Waals surface area contributed by atoms with Crippen molar-refractivity contribution in [3.8, 4) is 0 Å². The number of rotatable bonds is 2. The summed E-state index contributed by atoms with van der Waals surface area (Å²) in [4.78, 5) is 24.2. The third-order valence-electron chi connectivity index (χ3n) is 2.26. The largest absolute Gasteiger partial charge is 0.279 e. The maximum absolute atomic E-state index is 11.9. The molecule has 1 heterocycles. The smallest absolute Gasteiger partial charge is 0.267 e. The molecule has 2 N–H and O–H groups in total. The minimum Gasteiger partial charge on any atom is -0.267 e. The molecule has 0 aliphatic rings. The second-order valence-corrected chi connectivity index (χ2v) is 7.70. The Morgan fingerprint density at radius 2 is 1.85 bits per heavy atom. The molecule has 2 amide bonds. The van der Waals surface area contributed by atoms with Gasteiger partial charge < -0.3 is 0 Å². The molecule has 0 saturated carbocycles. The third kappa shape index (κ3) is 3.94. The molecule has 1 aromatic heterocycles. The van der Waals surface area contributed by atoms with Crippen molar-refractivity contribution >= 4 is 73.3 Å². The highest BCUT2D eigenvalue weighted by Crippen LogP contribution is 2.21. The second kappa shape index (κ2) is 6.88.